The average molecular weight is 372 g/mol. The van der Waals surface area contributed by atoms with Crippen molar-refractivity contribution in [2.45, 2.75) is 19.0 Å². The van der Waals surface area contributed by atoms with Gasteiger partial charge in [0.1, 0.15) is 11.8 Å². The second-order valence-corrected chi connectivity index (χ2v) is 7.69. The number of phenols is 1. The maximum atomic E-state index is 12.7. The van der Waals surface area contributed by atoms with E-state index in [9.17, 15) is 18.9 Å². The second kappa shape index (κ2) is 7.70. The Morgan fingerprint density at radius 1 is 1.15 bits per heavy atom. The molecule has 0 bridgehead atoms. The van der Waals surface area contributed by atoms with Crippen molar-refractivity contribution in [1.82, 2.24) is 10.2 Å². The SMILES string of the molecule is C[C@@H](NC(=O)[C@@H]1C[S@@](=O)CN1C(=O)c1ccccc1)c1ccc(O)cc1. The van der Waals surface area contributed by atoms with Crippen LogP contribution < -0.4 is 5.32 Å². The zero-order valence-electron chi connectivity index (χ0n) is 14.3. The first-order chi connectivity index (χ1) is 12.5. The number of hydrogen-bond acceptors (Lipinski definition) is 4. The van der Waals surface area contributed by atoms with Gasteiger partial charge in [0.2, 0.25) is 5.91 Å². The first-order valence-corrected chi connectivity index (χ1v) is 9.75. The van der Waals surface area contributed by atoms with Gasteiger partial charge in [0, 0.05) is 16.4 Å². The van der Waals surface area contributed by atoms with E-state index in [2.05, 4.69) is 5.32 Å². The summed E-state index contributed by atoms with van der Waals surface area (Å²) in [5.74, 6) is -0.292. The first kappa shape index (κ1) is 18.1. The fourth-order valence-electron chi connectivity index (χ4n) is 2.88. The first-order valence-electron chi connectivity index (χ1n) is 8.26. The third kappa shape index (κ3) is 3.94. The molecule has 6 nitrogen and oxygen atoms in total. The van der Waals surface area contributed by atoms with Crippen molar-refractivity contribution < 1.29 is 18.9 Å². The van der Waals surface area contributed by atoms with Gasteiger partial charge in [-0.15, -0.1) is 0 Å². The molecule has 26 heavy (non-hydrogen) atoms. The van der Waals surface area contributed by atoms with Gasteiger partial charge in [0.25, 0.3) is 5.91 Å². The number of nitrogens with one attached hydrogen (secondary N) is 1. The highest BCUT2D eigenvalue weighted by Gasteiger charge is 2.38. The monoisotopic (exact) mass is 372 g/mol. The van der Waals surface area contributed by atoms with E-state index in [1.165, 1.54) is 4.90 Å². The molecule has 1 aliphatic heterocycles. The normalized spacial score (nSPS) is 20.6. The van der Waals surface area contributed by atoms with Crippen molar-refractivity contribution in [3.63, 3.8) is 0 Å². The fourth-order valence-corrected chi connectivity index (χ4v) is 4.28. The molecule has 1 saturated heterocycles. The highest BCUT2D eigenvalue weighted by atomic mass is 32.2. The predicted octanol–water partition coefficient (Wildman–Crippen LogP) is 1.80. The summed E-state index contributed by atoms with van der Waals surface area (Å²) in [6.07, 6.45) is 0. The zero-order chi connectivity index (χ0) is 18.7. The van der Waals surface area contributed by atoms with Crippen LogP contribution in [0.25, 0.3) is 0 Å². The highest BCUT2D eigenvalue weighted by molar-refractivity contribution is 7.85. The van der Waals surface area contributed by atoms with Crippen LogP contribution >= 0.6 is 0 Å². The number of benzene rings is 2. The molecule has 0 unspecified atom stereocenters. The lowest BCUT2D eigenvalue weighted by molar-refractivity contribution is -0.125. The van der Waals surface area contributed by atoms with Crippen LogP contribution in [-0.4, -0.2) is 43.7 Å². The Morgan fingerprint density at radius 3 is 2.46 bits per heavy atom. The van der Waals surface area contributed by atoms with Crippen LogP contribution in [0, 0.1) is 0 Å². The molecule has 0 aromatic heterocycles. The summed E-state index contributed by atoms with van der Waals surface area (Å²) in [5.41, 5.74) is 1.30. The van der Waals surface area contributed by atoms with E-state index in [4.69, 9.17) is 0 Å². The third-order valence-corrected chi connectivity index (χ3v) is 5.59. The number of carbonyl (C=O) groups excluding carboxylic acids is 2. The Labute approximate surface area is 154 Å². The van der Waals surface area contributed by atoms with Gasteiger partial charge >= 0.3 is 0 Å². The zero-order valence-corrected chi connectivity index (χ0v) is 15.1. The van der Waals surface area contributed by atoms with Crippen LogP contribution in [0.4, 0.5) is 0 Å². The molecule has 1 aliphatic rings. The van der Waals surface area contributed by atoms with Crippen molar-refractivity contribution in [2.24, 2.45) is 0 Å². The van der Waals surface area contributed by atoms with E-state index < -0.39 is 16.8 Å². The Hall–Kier alpha value is -2.67. The molecule has 2 aromatic carbocycles. The van der Waals surface area contributed by atoms with Gasteiger partial charge in [0.15, 0.2) is 0 Å². The standard InChI is InChI=1S/C19H20N2O4S/c1-13(14-7-9-16(22)10-8-14)20-18(23)17-11-26(25)12-21(17)19(24)15-5-3-2-4-6-15/h2-10,13,17,22H,11-12H2,1H3,(H,20,23)/t13-,17+,26-/m1/s1. The van der Waals surface area contributed by atoms with E-state index >= 15 is 0 Å². The molecule has 7 heteroatoms. The smallest absolute Gasteiger partial charge is 0.255 e. The molecule has 136 valence electrons. The van der Waals surface area contributed by atoms with Crippen molar-refractivity contribution >= 4 is 22.6 Å². The third-order valence-electron chi connectivity index (χ3n) is 4.34. The van der Waals surface area contributed by atoms with Crippen LogP contribution in [-0.2, 0) is 15.6 Å². The van der Waals surface area contributed by atoms with Crippen molar-refractivity contribution in [1.29, 1.82) is 0 Å². The summed E-state index contributed by atoms with van der Waals surface area (Å²) < 4.78 is 12.0. The average Bonchev–Trinajstić information content (AvgIpc) is 3.04. The predicted molar refractivity (Wildman–Crippen MR) is 98.9 cm³/mol. The molecule has 1 heterocycles. The van der Waals surface area contributed by atoms with Crippen molar-refractivity contribution in [3.05, 3.63) is 65.7 Å². The van der Waals surface area contributed by atoms with E-state index in [1.54, 1.807) is 48.5 Å². The molecule has 2 aromatic rings. The summed E-state index contributed by atoms with van der Waals surface area (Å²) in [6.45, 7) is 1.82. The molecular formula is C19H20N2O4S. The van der Waals surface area contributed by atoms with Gasteiger partial charge in [-0.1, -0.05) is 30.3 Å². The number of nitrogens with zero attached hydrogens (tertiary/aromatic N) is 1. The number of amides is 2. The maximum absolute atomic E-state index is 12.7. The lowest BCUT2D eigenvalue weighted by atomic mass is 10.1. The quantitative estimate of drug-likeness (QED) is 0.857. The lowest BCUT2D eigenvalue weighted by Gasteiger charge is -2.24. The lowest BCUT2D eigenvalue weighted by Crippen LogP contribution is -2.47. The van der Waals surface area contributed by atoms with Crippen LogP contribution in [0.3, 0.4) is 0 Å². The Kier molecular flexibility index (Phi) is 5.37. The van der Waals surface area contributed by atoms with Crippen molar-refractivity contribution in [3.8, 4) is 5.75 Å². The molecule has 1 fully saturated rings. The van der Waals surface area contributed by atoms with E-state index in [0.29, 0.717) is 5.56 Å². The molecule has 2 amide bonds. The molecular weight excluding hydrogens is 352 g/mol. The van der Waals surface area contributed by atoms with Gasteiger partial charge < -0.3 is 15.3 Å². The minimum Gasteiger partial charge on any atom is -0.508 e. The molecule has 0 saturated carbocycles. The summed E-state index contributed by atoms with van der Waals surface area (Å²) in [5, 5.41) is 12.2. The molecule has 3 rings (SSSR count). The molecule has 3 atom stereocenters. The summed E-state index contributed by atoms with van der Waals surface area (Å²) >= 11 is 0. The molecule has 2 N–H and O–H groups in total. The molecule has 0 aliphatic carbocycles. The minimum atomic E-state index is -1.25. The van der Waals surface area contributed by atoms with Gasteiger partial charge in [-0.3, -0.25) is 13.8 Å². The fraction of sp³-hybridized carbons (Fsp3) is 0.263. The van der Waals surface area contributed by atoms with Crippen molar-refractivity contribution in [2.75, 3.05) is 11.6 Å². The Bertz CT molecular complexity index is 823. The van der Waals surface area contributed by atoms with Crippen LogP contribution in [0.15, 0.2) is 54.6 Å². The van der Waals surface area contributed by atoms with Gasteiger partial charge in [-0.05, 0) is 36.8 Å². The summed E-state index contributed by atoms with van der Waals surface area (Å²) in [7, 11) is -1.25. The van der Waals surface area contributed by atoms with Gasteiger partial charge in [0.05, 0.1) is 17.7 Å². The summed E-state index contributed by atoms with van der Waals surface area (Å²) in [4.78, 5) is 26.8. The number of carbonyl (C=O) groups is 2. The molecule has 0 spiro atoms. The van der Waals surface area contributed by atoms with Crippen LogP contribution in [0.5, 0.6) is 5.75 Å². The number of hydrogen-bond donors (Lipinski definition) is 2. The van der Waals surface area contributed by atoms with Gasteiger partial charge in [-0.25, -0.2) is 0 Å². The van der Waals surface area contributed by atoms with E-state index in [-0.39, 0.29) is 35.2 Å². The van der Waals surface area contributed by atoms with Crippen LogP contribution in [0.1, 0.15) is 28.9 Å². The topological polar surface area (TPSA) is 86.7 Å². The highest BCUT2D eigenvalue weighted by Crippen LogP contribution is 2.20. The van der Waals surface area contributed by atoms with Gasteiger partial charge in [-0.2, -0.15) is 0 Å². The largest absolute Gasteiger partial charge is 0.508 e. The number of aromatic hydroxyl groups is 1. The van der Waals surface area contributed by atoms with E-state index in [1.807, 2.05) is 13.0 Å². The number of rotatable bonds is 4. The summed E-state index contributed by atoms with van der Waals surface area (Å²) in [6, 6.07) is 14.2. The Balaban J connectivity index is 1.73. The number of phenolic OH excluding ortho intramolecular Hbond substituents is 1. The minimum absolute atomic E-state index is 0.0550. The second-order valence-electron chi connectivity index (χ2n) is 6.21. The van der Waals surface area contributed by atoms with Crippen LogP contribution in [0.2, 0.25) is 0 Å². The Morgan fingerprint density at radius 2 is 1.81 bits per heavy atom. The molecule has 0 radical (unpaired) electrons. The maximum Gasteiger partial charge on any atom is 0.255 e. The van der Waals surface area contributed by atoms with E-state index in [0.717, 1.165) is 5.56 Å².